The van der Waals surface area contributed by atoms with Gasteiger partial charge in [-0.05, 0) is 31.8 Å². The van der Waals surface area contributed by atoms with E-state index in [9.17, 15) is 8.78 Å². The minimum absolute atomic E-state index is 0.128. The molecule has 0 N–H and O–H groups in total. The first-order valence-corrected chi connectivity index (χ1v) is 5.26. The van der Waals surface area contributed by atoms with Crippen LogP contribution in [0.25, 0.3) is 0 Å². The Kier molecular flexibility index (Phi) is 2.54. The molecular weight excluding hydrogens is 172 g/mol. The van der Waals surface area contributed by atoms with E-state index in [2.05, 4.69) is 4.90 Å². The zero-order valence-corrected chi connectivity index (χ0v) is 7.94. The molecule has 0 aromatic carbocycles. The lowest BCUT2D eigenvalue weighted by atomic mass is 9.81. The van der Waals surface area contributed by atoms with Gasteiger partial charge in [0, 0.05) is 19.4 Å². The summed E-state index contributed by atoms with van der Waals surface area (Å²) in [6, 6.07) is 0. The van der Waals surface area contributed by atoms with Crippen LogP contribution in [0.3, 0.4) is 0 Å². The average Bonchev–Trinajstić information content (AvgIpc) is 2.03. The van der Waals surface area contributed by atoms with Gasteiger partial charge in [-0.2, -0.15) is 0 Å². The third-order valence-electron chi connectivity index (χ3n) is 3.14. The second kappa shape index (κ2) is 3.52. The highest BCUT2D eigenvalue weighted by Gasteiger charge is 2.45. The van der Waals surface area contributed by atoms with E-state index in [1.807, 2.05) is 0 Å². The molecule has 13 heavy (non-hydrogen) atoms. The summed E-state index contributed by atoms with van der Waals surface area (Å²) in [7, 11) is 0. The molecule has 0 aromatic rings. The minimum atomic E-state index is -2.33. The van der Waals surface area contributed by atoms with Crippen LogP contribution in [-0.4, -0.2) is 30.5 Å². The zero-order valence-electron chi connectivity index (χ0n) is 7.94. The fourth-order valence-corrected chi connectivity index (χ4v) is 2.42. The van der Waals surface area contributed by atoms with Crippen LogP contribution in [0.15, 0.2) is 0 Å². The predicted molar refractivity (Wildman–Crippen MR) is 48.0 cm³/mol. The van der Waals surface area contributed by atoms with Crippen molar-refractivity contribution in [3.8, 4) is 0 Å². The maximum absolute atomic E-state index is 12.5. The number of alkyl halides is 2. The quantitative estimate of drug-likeness (QED) is 0.645. The highest BCUT2D eigenvalue weighted by molar-refractivity contribution is 4.88. The fourth-order valence-electron chi connectivity index (χ4n) is 2.42. The maximum atomic E-state index is 12.5. The van der Waals surface area contributed by atoms with Crippen molar-refractivity contribution >= 4 is 0 Å². The largest absolute Gasteiger partial charge is 0.303 e. The fraction of sp³-hybridized carbons (Fsp3) is 1.00. The van der Waals surface area contributed by atoms with Crippen molar-refractivity contribution in [2.24, 2.45) is 5.92 Å². The molecule has 0 amide bonds. The second-order valence-electron chi connectivity index (χ2n) is 4.49. The lowest BCUT2D eigenvalue weighted by Crippen LogP contribution is -2.43. The van der Waals surface area contributed by atoms with Crippen LogP contribution in [0, 0.1) is 5.92 Å². The van der Waals surface area contributed by atoms with E-state index in [1.165, 1.54) is 19.3 Å². The molecule has 0 atom stereocenters. The second-order valence-corrected chi connectivity index (χ2v) is 4.49. The van der Waals surface area contributed by atoms with E-state index in [4.69, 9.17) is 0 Å². The molecule has 1 aliphatic carbocycles. The summed E-state index contributed by atoms with van der Waals surface area (Å²) in [5, 5.41) is 0. The van der Waals surface area contributed by atoms with Crippen molar-refractivity contribution in [1.29, 1.82) is 0 Å². The highest BCUT2D eigenvalue weighted by Crippen LogP contribution is 2.42. The molecule has 0 radical (unpaired) electrons. The lowest BCUT2D eigenvalue weighted by Gasteiger charge is -2.39. The Morgan fingerprint density at radius 3 is 2.23 bits per heavy atom. The van der Waals surface area contributed by atoms with Gasteiger partial charge >= 0.3 is 0 Å². The van der Waals surface area contributed by atoms with Gasteiger partial charge in [-0.1, -0.05) is 6.42 Å². The van der Waals surface area contributed by atoms with E-state index >= 15 is 0 Å². The Bertz CT molecular complexity index is 168. The van der Waals surface area contributed by atoms with Crippen LogP contribution in [-0.2, 0) is 0 Å². The Morgan fingerprint density at radius 2 is 1.69 bits per heavy atom. The van der Waals surface area contributed by atoms with Gasteiger partial charge in [0.15, 0.2) is 0 Å². The van der Waals surface area contributed by atoms with Gasteiger partial charge in [-0.25, -0.2) is 8.78 Å². The molecule has 1 saturated carbocycles. The third-order valence-corrected chi connectivity index (χ3v) is 3.14. The number of hydrogen-bond donors (Lipinski definition) is 0. The number of likely N-dealkylation sites (tertiary alicyclic amines) is 1. The molecule has 0 unspecified atom stereocenters. The zero-order chi connectivity index (χ0) is 9.31. The van der Waals surface area contributed by atoms with E-state index in [0.29, 0.717) is 0 Å². The van der Waals surface area contributed by atoms with Crippen molar-refractivity contribution in [1.82, 2.24) is 4.90 Å². The van der Waals surface area contributed by atoms with Crippen molar-refractivity contribution in [2.45, 2.75) is 38.0 Å². The molecule has 3 heteroatoms. The van der Waals surface area contributed by atoms with Crippen LogP contribution in [0.4, 0.5) is 8.78 Å². The van der Waals surface area contributed by atoms with Gasteiger partial charge in [-0.3, -0.25) is 0 Å². The molecule has 76 valence electrons. The van der Waals surface area contributed by atoms with Crippen LogP contribution < -0.4 is 0 Å². The van der Waals surface area contributed by atoms with Gasteiger partial charge in [0.1, 0.15) is 0 Å². The Balaban J connectivity index is 1.68. The molecular formula is C10H17F2N. The SMILES string of the molecule is FC1(F)CC(CN2CCCCC2)C1. The van der Waals surface area contributed by atoms with Gasteiger partial charge in [0.2, 0.25) is 5.92 Å². The number of nitrogens with zero attached hydrogens (tertiary/aromatic N) is 1. The van der Waals surface area contributed by atoms with Crippen LogP contribution in [0.1, 0.15) is 32.1 Å². The Hall–Kier alpha value is -0.180. The molecule has 1 nitrogen and oxygen atoms in total. The summed E-state index contributed by atoms with van der Waals surface area (Å²) in [5.41, 5.74) is 0. The molecule has 2 aliphatic rings. The normalized spacial score (nSPS) is 30.0. The standard InChI is InChI=1S/C10H17F2N/c11-10(12)6-9(7-10)8-13-4-2-1-3-5-13/h9H,1-8H2. The molecule has 1 saturated heterocycles. The van der Waals surface area contributed by atoms with E-state index in [1.54, 1.807) is 0 Å². The first-order chi connectivity index (χ1) is 6.16. The van der Waals surface area contributed by atoms with Gasteiger partial charge in [0.25, 0.3) is 0 Å². The van der Waals surface area contributed by atoms with Crippen LogP contribution in [0.2, 0.25) is 0 Å². The summed E-state index contributed by atoms with van der Waals surface area (Å²) in [4.78, 5) is 2.35. The van der Waals surface area contributed by atoms with Crippen molar-refractivity contribution in [3.63, 3.8) is 0 Å². The average molecular weight is 189 g/mol. The first-order valence-electron chi connectivity index (χ1n) is 5.26. The lowest BCUT2D eigenvalue weighted by molar-refractivity contribution is -0.117. The highest BCUT2D eigenvalue weighted by atomic mass is 19.3. The summed E-state index contributed by atoms with van der Waals surface area (Å²) in [6.07, 6.45) is 4.08. The number of rotatable bonds is 2. The van der Waals surface area contributed by atoms with E-state index in [0.717, 1.165) is 19.6 Å². The predicted octanol–water partition coefficient (Wildman–Crippen LogP) is 2.52. The number of piperidine rings is 1. The molecule has 1 aliphatic heterocycles. The van der Waals surface area contributed by atoms with E-state index < -0.39 is 5.92 Å². The third kappa shape index (κ3) is 2.39. The summed E-state index contributed by atoms with van der Waals surface area (Å²) in [5.74, 6) is -2.06. The monoisotopic (exact) mass is 189 g/mol. The first kappa shape index (κ1) is 9.38. The van der Waals surface area contributed by atoms with Gasteiger partial charge in [0.05, 0.1) is 0 Å². The molecule has 1 heterocycles. The minimum Gasteiger partial charge on any atom is -0.303 e. The van der Waals surface area contributed by atoms with Crippen molar-refractivity contribution < 1.29 is 8.78 Å². The molecule has 2 fully saturated rings. The molecule has 0 aromatic heterocycles. The topological polar surface area (TPSA) is 3.24 Å². The maximum Gasteiger partial charge on any atom is 0.248 e. The Morgan fingerprint density at radius 1 is 1.08 bits per heavy atom. The number of hydrogen-bond acceptors (Lipinski definition) is 1. The van der Waals surface area contributed by atoms with Crippen LogP contribution in [0.5, 0.6) is 0 Å². The summed E-state index contributed by atoms with van der Waals surface area (Å²) in [6.45, 7) is 3.17. The molecule has 0 bridgehead atoms. The van der Waals surface area contributed by atoms with Gasteiger partial charge in [-0.15, -0.1) is 0 Å². The van der Waals surface area contributed by atoms with Crippen molar-refractivity contribution in [2.75, 3.05) is 19.6 Å². The molecule has 2 rings (SSSR count). The summed E-state index contributed by atoms with van der Waals surface area (Å²) >= 11 is 0. The van der Waals surface area contributed by atoms with E-state index in [-0.39, 0.29) is 18.8 Å². The van der Waals surface area contributed by atoms with Crippen LogP contribution >= 0.6 is 0 Å². The van der Waals surface area contributed by atoms with Crippen molar-refractivity contribution in [3.05, 3.63) is 0 Å². The van der Waals surface area contributed by atoms with Gasteiger partial charge < -0.3 is 4.90 Å². The number of halogens is 2. The summed E-state index contributed by atoms with van der Waals surface area (Å²) < 4.78 is 25.0. The molecule has 0 spiro atoms. The smallest absolute Gasteiger partial charge is 0.248 e. The Labute approximate surface area is 78.1 Å².